The van der Waals surface area contributed by atoms with E-state index in [0.717, 1.165) is 29.5 Å². The number of hydrogen-bond donors (Lipinski definition) is 0. The molecule has 0 aliphatic heterocycles. The molecule has 0 heterocycles. The van der Waals surface area contributed by atoms with Gasteiger partial charge in [0.05, 0.1) is 11.5 Å². The molecule has 4 aliphatic carbocycles. The van der Waals surface area contributed by atoms with Crippen LogP contribution in [0.4, 0.5) is 0 Å². The van der Waals surface area contributed by atoms with E-state index >= 15 is 0 Å². The summed E-state index contributed by atoms with van der Waals surface area (Å²) in [5, 5.41) is 0.529. The lowest BCUT2D eigenvalue weighted by Crippen LogP contribution is -2.49. The number of benzene rings is 1. The fourth-order valence-electron chi connectivity index (χ4n) is 5.83. The van der Waals surface area contributed by atoms with E-state index in [2.05, 4.69) is 6.66 Å². The van der Waals surface area contributed by atoms with Crippen molar-refractivity contribution < 1.29 is 12.6 Å². The van der Waals surface area contributed by atoms with Gasteiger partial charge in [-0.3, -0.25) is 4.18 Å². The lowest BCUT2D eigenvalue weighted by Gasteiger charge is -2.59. The Balaban J connectivity index is 1.36. The van der Waals surface area contributed by atoms with Crippen LogP contribution < -0.4 is 0 Å². The SMILES string of the molecule is Cc1ccc(S(=O)(=O)OCC[P@](C)C23CC4CC(CC(C4)C2)C3)cc1. The number of aryl methyl sites for hydroxylation is 1. The Hall–Kier alpha value is -0.440. The second-order valence-corrected chi connectivity index (χ2v) is 13.1. The van der Waals surface area contributed by atoms with Gasteiger partial charge in [0.25, 0.3) is 10.1 Å². The maximum absolute atomic E-state index is 12.4. The average molecular weight is 380 g/mol. The van der Waals surface area contributed by atoms with E-state index in [9.17, 15) is 8.42 Å². The van der Waals surface area contributed by atoms with Crippen molar-refractivity contribution in [3.05, 3.63) is 29.8 Å². The molecule has 25 heavy (non-hydrogen) atoms. The fraction of sp³-hybridized carbons (Fsp3) is 0.700. The molecule has 0 amide bonds. The highest BCUT2D eigenvalue weighted by Gasteiger charge is 2.52. The zero-order valence-electron chi connectivity index (χ0n) is 15.3. The highest BCUT2D eigenvalue weighted by atomic mass is 32.2. The summed E-state index contributed by atoms with van der Waals surface area (Å²) in [6, 6.07) is 6.91. The zero-order chi connectivity index (χ0) is 17.7. The van der Waals surface area contributed by atoms with Gasteiger partial charge in [-0.15, -0.1) is 7.92 Å². The first-order valence-electron chi connectivity index (χ1n) is 9.54. The standard InChI is InChI=1S/C20H29O3PS/c1-15-3-5-19(6-4-15)25(21,22)23-7-8-24(2)20-12-16-9-17(13-20)11-18(10-16)14-20/h3-6,16-18H,7-14H2,1-2H3/t16?,17?,18?,20?,24-/m0/s1. The van der Waals surface area contributed by atoms with Crippen LogP contribution in [-0.4, -0.2) is 33.0 Å². The second kappa shape index (κ2) is 6.62. The fourth-order valence-corrected chi connectivity index (χ4v) is 9.41. The van der Waals surface area contributed by atoms with Crippen LogP contribution in [0.25, 0.3) is 0 Å². The Labute approximate surface area is 153 Å². The van der Waals surface area contributed by atoms with Crippen molar-refractivity contribution in [2.24, 2.45) is 17.8 Å². The smallest absolute Gasteiger partial charge is 0.266 e. The molecule has 0 radical (unpaired) electrons. The van der Waals surface area contributed by atoms with Gasteiger partial charge in [0.15, 0.2) is 0 Å². The second-order valence-electron chi connectivity index (χ2n) is 8.65. The van der Waals surface area contributed by atoms with E-state index in [4.69, 9.17) is 4.18 Å². The third-order valence-electron chi connectivity index (χ3n) is 6.79. The van der Waals surface area contributed by atoms with Gasteiger partial charge in [-0.05, 0) is 93.3 Å². The van der Waals surface area contributed by atoms with Gasteiger partial charge in [-0.25, -0.2) is 0 Å². The summed E-state index contributed by atoms with van der Waals surface area (Å²) in [6.07, 6.45) is 9.47. The Morgan fingerprint density at radius 2 is 1.56 bits per heavy atom. The first kappa shape index (κ1) is 17.9. The van der Waals surface area contributed by atoms with Crippen LogP contribution in [0.3, 0.4) is 0 Å². The van der Waals surface area contributed by atoms with E-state index < -0.39 is 10.1 Å². The maximum atomic E-state index is 12.4. The highest BCUT2D eigenvalue weighted by Crippen LogP contribution is 2.67. The molecular formula is C20H29O3PS. The van der Waals surface area contributed by atoms with E-state index in [-0.39, 0.29) is 12.8 Å². The maximum Gasteiger partial charge on any atom is 0.296 e. The highest BCUT2D eigenvalue weighted by molar-refractivity contribution is 7.86. The summed E-state index contributed by atoms with van der Waals surface area (Å²) in [7, 11) is -3.79. The molecule has 0 unspecified atom stereocenters. The lowest BCUT2D eigenvalue weighted by atomic mass is 9.56. The molecule has 5 heteroatoms. The molecule has 4 saturated carbocycles. The summed E-state index contributed by atoms with van der Waals surface area (Å²) >= 11 is 0. The minimum atomic E-state index is -3.62. The predicted octanol–water partition coefficient (Wildman–Crippen LogP) is 4.78. The van der Waals surface area contributed by atoms with Gasteiger partial charge in [-0.1, -0.05) is 17.7 Å². The third-order valence-corrected chi connectivity index (χ3v) is 11.1. The molecule has 138 valence electrons. The van der Waals surface area contributed by atoms with E-state index in [1.807, 2.05) is 19.1 Å². The van der Waals surface area contributed by atoms with Crippen LogP contribution in [0.5, 0.6) is 0 Å². The summed E-state index contributed by atoms with van der Waals surface area (Å²) in [5.74, 6) is 2.86. The summed E-state index contributed by atoms with van der Waals surface area (Å²) in [4.78, 5) is 0.272. The van der Waals surface area contributed by atoms with Crippen LogP contribution in [0.1, 0.15) is 44.1 Å². The Kier molecular flexibility index (Phi) is 4.75. The molecule has 0 N–H and O–H groups in total. The largest absolute Gasteiger partial charge is 0.296 e. The Bertz CT molecular complexity index is 691. The molecule has 4 fully saturated rings. The minimum absolute atomic E-state index is 0.171. The first-order valence-corrected chi connectivity index (χ1v) is 12.9. The van der Waals surface area contributed by atoms with Crippen LogP contribution >= 0.6 is 7.92 Å². The molecular weight excluding hydrogens is 351 g/mol. The number of hydrogen-bond acceptors (Lipinski definition) is 3. The normalized spacial score (nSPS) is 35.0. The Morgan fingerprint density at radius 1 is 1.04 bits per heavy atom. The van der Waals surface area contributed by atoms with Crippen LogP contribution in [0.15, 0.2) is 29.2 Å². The van der Waals surface area contributed by atoms with Crippen LogP contribution in [-0.2, 0) is 14.3 Å². The van der Waals surface area contributed by atoms with Crippen molar-refractivity contribution >= 4 is 18.0 Å². The molecule has 4 bridgehead atoms. The van der Waals surface area contributed by atoms with Crippen molar-refractivity contribution in [1.82, 2.24) is 0 Å². The van der Waals surface area contributed by atoms with Gasteiger partial charge in [0.2, 0.25) is 0 Å². The minimum Gasteiger partial charge on any atom is -0.266 e. The van der Waals surface area contributed by atoms with Gasteiger partial charge < -0.3 is 0 Å². The molecule has 4 aliphatic rings. The molecule has 1 atom stereocenters. The number of rotatable bonds is 6. The molecule has 0 spiro atoms. The van der Waals surface area contributed by atoms with Crippen molar-refractivity contribution in [1.29, 1.82) is 0 Å². The Morgan fingerprint density at radius 3 is 2.08 bits per heavy atom. The lowest BCUT2D eigenvalue weighted by molar-refractivity contribution is 0.0356. The van der Waals surface area contributed by atoms with E-state index in [1.54, 1.807) is 12.1 Å². The van der Waals surface area contributed by atoms with Crippen LogP contribution in [0, 0.1) is 24.7 Å². The monoisotopic (exact) mass is 380 g/mol. The van der Waals surface area contributed by atoms with Gasteiger partial charge in [0, 0.05) is 0 Å². The molecule has 3 nitrogen and oxygen atoms in total. The van der Waals surface area contributed by atoms with Gasteiger partial charge >= 0.3 is 0 Å². The van der Waals surface area contributed by atoms with Crippen molar-refractivity contribution in [2.75, 3.05) is 19.4 Å². The quantitative estimate of drug-likeness (QED) is 0.527. The molecule has 0 aromatic heterocycles. The van der Waals surface area contributed by atoms with Gasteiger partial charge in [0.1, 0.15) is 0 Å². The van der Waals surface area contributed by atoms with Crippen molar-refractivity contribution in [2.45, 2.75) is 55.5 Å². The van der Waals surface area contributed by atoms with Gasteiger partial charge in [-0.2, -0.15) is 8.42 Å². The van der Waals surface area contributed by atoms with Crippen LogP contribution in [0.2, 0.25) is 0 Å². The van der Waals surface area contributed by atoms with E-state index in [1.165, 1.54) is 38.5 Å². The van der Waals surface area contributed by atoms with Crippen molar-refractivity contribution in [3.63, 3.8) is 0 Å². The predicted molar refractivity (Wildman–Crippen MR) is 103 cm³/mol. The summed E-state index contributed by atoms with van der Waals surface area (Å²) < 4.78 is 30.1. The molecule has 1 aromatic rings. The topological polar surface area (TPSA) is 43.4 Å². The zero-order valence-corrected chi connectivity index (χ0v) is 17.0. The molecule has 0 saturated heterocycles. The average Bonchev–Trinajstić information content (AvgIpc) is 2.53. The van der Waals surface area contributed by atoms with Crippen molar-refractivity contribution in [3.8, 4) is 0 Å². The molecule has 1 aromatic carbocycles. The first-order chi connectivity index (χ1) is 11.9. The summed E-state index contributed by atoms with van der Waals surface area (Å²) in [6.45, 7) is 4.68. The summed E-state index contributed by atoms with van der Waals surface area (Å²) in [5.41, 5.74) is 1.05. The molecule has 5 rings (SSSR count). The third kappa shape index (κ3) is 3.55. The van der Waals surface area contributed by atoms with E-state index in [0.29, 0.717) is 11.8 Å².